The van der Waals surface area contributed by atoms with E-state index >= 15 is 0 Å². The third kappa shape index (κ3) is 3.59. The van der Waals surface area contributed by atoms with Gasteiger partial charge >= 0.3 is 0 Å². The number of likely N-dealkylation sites (N-methyl/N-ethyl adjacent to an activating group) is 1. The van der Waals surface area contributed by atoms with Gasteiger partial charge in [0.1, 0.15) is 0 Å². The lowest BCUT2D eigenvalue weighted by molar-refractivity contribution is 0.0362. The number of hydrogen-bond donors (Lipinski definition) is 3. The van der Waals surface area contributed by atoms with Crippen LogP contribution in [0.1, 0.15) is 26.2 Å². The zero-order valence-corrected chi connectivity index (χ0v) is 13.7. The second kappa shape index (κ2) is 6.92. The predicted molar refractivity (Wildman–Crippen MR) is 87.1 cm³/mol. The molecule has 0 aliphatic carbocycles. The van der Waals surface area contributed by atoms with Gasteiger partial charge in [-0.1, -0.05) is 0 Å². The molecular formula is C16H33N5. The minimum absolute atomic E-state index is 0.341. The SMILES string of the molecule is CC1NC(N2CCN(C)CC2)CCC1C1CCNCC1N. The molecular weight excluding hydrogens is 262 g/mol. The monoisotopic (exact) mass is 295 g/mol. The maximum atomic E-state index is 6.36. The first-order chi connectivity index (χ1) is 10.1. The molecule has 0 saturated carbocycles. The lowest BCUT2D eigenvalue weighted by Gasteiger charge is -2.47. The Balaban J connectivity index is 1.54. The van der Waals surface area contributed by atoms with Gasteiger partial charge in [0.2, 0.25) is 0 Å². The first-order valence-corrected chi connectivity index (χ1v) is 8.80. The molecule has 0 aromatic rings. The van der Waals surface area contributed by atoms with E-state index in [1.807, 2.05) is 0 Å². The Labute approximate surface area is 129 Å². The van der Waals surface area contributed by atoms with E-state index in [0.29, 0.717) is 24.2 Å². The Bertz CT molecular complexity index is 329. The maximum Gasteiger partial charge on any atom is 0.0600 e. The molecule has 5 nitrogen and oxygen atoms in total. The van der Waals surface area contributed by atoms with Gasteiger partial charge in [0.15, 0.2) is 0 Å². The molecule has 0 spiro atoms. The standard InChI is InChI=1S/C16H33N5/c1-12-13(14-5-6-18-11-15(14)17)3-4-16(19-12)21-9-7-20(2)8-10-21/h12-16,18-19H,3-11,17H2,1-2H3. The van der Waals surface area contributed by atoms with E-state index in [1.165, 1.54) is 45.4 Å². The summed E-state index contributed by atoms with van der Waals surface area (Å²) in [7, 11) is 2.22. The van der Waals surface area contributed by atoms with Gasteiger partial charge < -0.3 is 16.0 Å². The summed E-state index contributed by atoms with van der Waals surface area (Å²) in [6.07, 6.45) is 4.46. The van der Waals surface area contributed by atoms with Crippen LogP contribution >= 0.6 is 0 Å². The normalized spacial score (nSPS) is 43.9. The molecule has 0 radical (unpaired) electrons. The van der Waals surface area contributed by atoms with Crippen molar-refractivity contribution in [1.29, 1.82) is 0 Å². The molecule has 3 heterocycles. The lowest BCUT2D eigenvalue weighted by atomic mass is 9.74. The summed E-state index contributed by atoms with van der Waals surface area (Å²) < 4.78 is 0. The van der Waals surface area contributed by atoms with Crippen LogP contribution in [0.2, 0.25) is 0 Å². The molecule has 3 aliphatic heterocycles. The van der Waals surface area contributed by atoms with Crippen molar-refractivity contribution >= 4 is 0 Å². The molecule has 5 heteroatoms. The summed E-state index contributed by atoms with van der Waals surface area (Å²) in [6.45, 7) is 9.34. The van der Waals surface area contributed by atoms with Crippen molar-refractivity contribution in [1.82, 2.24) is 20.4 Å². The number of nitrogens with one attached hydrogen (secondary N) is 2. The Morgan fingerprint density at radius 1 is 1.00 bits per heavy atom. The van der Waals surface area contributed by atoms with Crippen LogP contribution in [-0.2, 0) is 0 Å². The van der Waals surface area contributed by atoms with Gasteiger partial charge in [-0.05, 0) is 51.6 Å². The number of hydrogen-bond acceptors (Lipinski definition) is 5. The van der Waals surface area contributed by atoms with Gasteiger partial charge in [-0.25, -0.2) is 0 Å². The molecule has 122 valence electrons. The van der Waals surface area contributed by atoms with Crippen molar-refractivity contribution in [2.45, 2.75) is 44.4 Å². The van der Waals surface area contributed by atoms with E-state index < -0.39 is 0 Å². The molecule has 21 heavy (non-hydrogen) atoms. The fourth-order valence-electron chi connectivity index (χ4n) is 4.55. The summed E-state index contributed by atoms with van der Waals surface area (Å²) in [4.78, 5) is 5.08. The van der Waals surface area contributed by atoms with Crippen LogP contribution in [0.15, 0.2) is 0 Å². The van der Waals surface area contributed by atoms with Gasteiger partial charge in [0, 0.05) is 44.8 Å². The third-order valence-electron chi connectivity index (χ3n) is 5.98. The first kappa shape index (κ1) is 15.7. The number of rotatable bonds is 2. The zero-order valence-electron chi connectivity index (χ0n) is 13.7. The highest BCUT2D eigenvalue weighted by Crippen LogP contribution is 2.32. The van der Waals surface area contributed by atoms with Gasteiger partial charge in [-0.15, -0.1) is 0 Å². The van der Waals surface area contributed by atoms with E-state index in [9.17, 15) is 0 Å². The topological polar surface area (TPSA) is 56.6 Å². The van der Waals surface area contributed by atoms with Crippen molar-refractivity contribution < 1.29 is 0 Å². The van der Waals surface area contributed by atoms with E-state index in [2.05, 4.69) is 34.4 Å². The number of nitrogens with zero attached hydrogens (tertiary/aromatic N) is 2. The van der Waals surface area contributed by atoms with Gasteiger partial charge in [0.05, 0.1) is 6.17 Å². The fraction of sp³-hybridized carbons (Fsp3) is 1.00. The minimum atomic E-state index is 0.341. The molecule has 3 rings (SSSR count). The van der Waals surface area contributed by atoms with Crippen LogP contribution in [0.3, 0.4) is 0 Å². The van der Waals surface area contributed by atoms with Crippen molar-refractivity contribution in [3.8, 4) is 0 Å². The minimum Gasteiger partial charge on any atom is -0.326 e. The Morgan fingerprint density at radius 3 is 2.43 bits per heavy atom. The van der Waals surface area contributed by atoms with Crippen LogP contribution in [0.4, 0.5) is 0 Å². The second-order valence-electron chi connectivity index (χ2n) is 7.37. The van der Waals surface area contributed by atoms with Crippen LogP contribution in [-0.4, -0.2) is 74.4 Å². The van der Waals surface area contributed by atoms with Crippen molar-refractivity contribution in [3.63, 3.8) is 0 Å². The molecule has 0 aromatic heterocycles. The summed E-state index contributed by atoms with van der Waals surface area (Å²) in [5.74, 6) is 1.45. The molecule has 0 bridgehead atoms. The highest BCUT2D eigenvalue weighted by atomic mass is 15.3. The van der Waals surface area contributed by atoms with Gasteiger partial charge in [-0.2, -0.15) is 0 Å². The fourth-order valence-corrected chi connectivity index (χ4v) is 4.55. The molecule has 0 aromatic carbocycles. The smallest absolute Gasteiger partial charge is 0.0600 e. The largest absolute Gasteiger partial charge is 0.326 e. The van der Waals surface area contributed by atoms with E-state index in [1.54, 1.807) is 0 Å². The summed E-state index contributed by atoms with van der Waals surface area (Å²) in [5.41, 5.74) is 6.36. The highest BCUT2D eigenvalue weighted by molar-refractivity contribution is 4.94. The number of nitrogens with two attached hydrogens (primary N) is 1. The molecule has 5 unspecified atom stereocenters. The second-order valence-corrected chi connectivity index (χ2v) is 7.37. The summed E-state index contributed by atoms with van der Waals surface area (Å²) >= 11 is 0. The Hall–Kier alpha value is -0.200. The van der Waals surface area contributed by atoms with E-state index in [0.717, 1.165) is 19.0 Å². The van der Waals surface area contributed by atoms with Gasteiger partial charge in [-0.3, -0.25) is 10.2 Å². The lowest BCUT2D eigenvalue weighted by Crippen LogP contribution is -2.61. The average molecular weight is 295 g/mol. The van der Waals surface area contributed by atoms with Crippen LogP contribution in [0.5, 0.6) is 0 Å². The van der Waals surface area contributed by atoms with Crippen molar-refractivity contribution in [3.05, 3.63) is 0 Å². The van der Waals surface area contributed by atoms with Gasteiger partial charge in [0.25, 0.3) is 0 Å². The van der Waals surface area contributed by atoms with Crippen molar-refractivity contribution in [2.75, 3.05) is 46.3 Å². The Morgan fingerprint density at radius 2 is 1.76 bits per heavy atom. The molecule has 5 atom stereocenters. The predicted octanol–water partition coefficient (Wildman–Crippen LogP) is -0.115. The molecule has 4 N–H and O–H groups in total. The molecule has 3 aliphatic rings. The number of piperidine rings is 2. The van der Waals surface area contributed by atoms with Crippen LogP contribution < -0.4 is 16.4 Å². The van der Waals surface area contributed by atoms with E-state index in [4.69, 9.17) is 5.73 Å². The maximum absolute atomic E-state index is 6.36. The molecule has 0 amide bonds. The summed E-state index contributed by atoms with van der Waals surface area (Å²) in [6, 6.07) is 0.936. The number of piperazine rings is 1. The quantitative estimate of drug-likeness (QED) is 0.663. The van der Waals surface area contributed by atoms with E-state index in [-0.39, 0.29) is 0 Å². The van der Waals surface area contributed by atoms with Crippen LogP contribution in [0, 0.1) is 11.8 Å². The molecule has 3 fully saturated rings. The molecule has 3 saturated heterocycles. The van der Waals surface area contributed by atoms with Crippen molar-refractivity contribution in [2.24, 2.45) is 17.6 Å². The highest BCUT2D eigenvalue weighted by Gasteiger charge is 2.38. The third-order valence-corrected chi connectivity index (χ3v) is 5.98. The van der Waals surface area contributed by atoms with Crippen LogP contribution in [0.25, 0.3) is 0 Å². The summed E-state index contributed by atoms with van der Waals surface area (Å²) in [5, 5.41) is 7.32. The average Bonchev–Trinajstić information content (AvgIpc) is 2.49. The first-order valence-electron chi connectivity index (χ1n) is 8.80. The Kier molecular flexibility index (Phi) is 5.17. The zero-order chi connectivity index (χ0) is 14.8.